The van der Waals surface area contributed by atoms with Gasteiger partial charge in [0.25, 0.3) is 0 Å². The average molecular weight is 216 g/mol. The monoisotopic (exact) mass is 216 g/mol. The van der Waals surface area contributed by atoms with Crippen molar-refractivity contribution in [2.45, 2.75) is 45.8 Å². The van der Waals surface area contributed by atoms with Gasteiger partial charge in [-0.25, -0.2) is 0 Å². The summed E-state index contributed by atoms with van der Waals surface area (Å²) < 4.78 is 5.23. The number of carbonyl (C=O) groups excluding carboxylic acids is 1. The van der Waals surface area contributed by atoms with E-state index < -0.39 is 5.60 Å². The summed E-state index contributed by atoms with van der Waals surface area (Å²) in [4.78, 5) is 13.4. The zero-order valence-corrected chi connectivity index (χ0v) is 10.8. The van der Waals surface area contributed by atoms with Crippen molar-refractivity contribution in [2.24, 2.45) is 5.73 Å². The second kappa shape index (κ2) is 4.94. The fourth-order valence-electron chi connectivity index (χ4n) is 0.937. The normalized spacial score (nSPS) is 13.1. The molecule has 0 atom stereocenters. The van der Waals surface area contributed by atoms with Crippen LogP contribution in [-0.4, -0.2) is 42.1 Å². The van der Waals surface area contributed by atoms with E-state index in [2.05, 4.69) is 0 Å². The maximum absolute atomic E-state index is 11.5. The van der Waals surface area contributed by atoms with Crippen molar-refractivity contribution < 1.29 is 9.53 Å². The molecule has 0 heterocycles. The summed E-state index contributed by atoms with van der Waals surface area (Å²) in [6, 6.07) is 0. The van der Waals surface area contributed by atoms with Gasteiger partial charge in [-0.05, 0) is 41.7 Å². The molecule has 2 N–H and O–H groups in total. The molecule has 4 heteroatoms. The molecule has 0 aliphatic carbocycles. The van der Waals surface area contributed by atoms with E-state index in [1.807, 2.05) is 46.6 Å². The zero-order chi connectivity index (χ0) is 12.3. The minimum atomic E-state index is -0.426. The van der Waals surface area contributed by atoms with Gasteiger partial charge in [-0.1, -0.05) is 0 Å². The lowest BCUT2D eigenvalue weighted by Crippen LogP contribution is -2.49. The number of hydrogen-bond donors (Lipinski definition) is 1. The third kappa shape index (κ3) is 5.74. The SMILES string of the molecule is CN(CC(=O)OC(C)(C)C)C(C)(C)CN. The summed E-state index contributed by atoms with van der Waals surface area (Å²) >= 11 is 0. The summed E-state index contributed by atoms with van der Waals surface area (Å²) in [6.45, 7) is 10.3. The summed E-state index contributed by atoms with van der Waals surface area (Å²) in [5, 5.41) is 0. The minimum Gasteiger partial charge on any atom is -0.459 e. The van der Waals surface area contributed by atoms with E-state index in [4.69, 9.17) is 10.5 Å². The number of ether oxygens (including phenoxy) is 1. The summed E-state index contributed by atoms with van der Waals surface area (Å²) in [5.41, 5.74) is 5.01. The Morgan fingerprint density at radius 1 is 1.27 bits per heavy atom. The van der Waals surface area contributed by atoms with Crippen molar-refractivity contribution in [3.05, 3.63) is 0 Å². The van der Waals surface area contributed by atoms with Gasteiger partial charge < -0.3 is 10.5 Å². The van der Waals surface area contributed by atoms with E-state index in [0.29, 0.717) is 6.54 Å². The Morgan fingerprint density at radius 2 is 1.73 bits per heavy atom. The van der Waals surface area contributed by atoms with Gasteiger partial charge in [0.05, 0.1) is 6.54 Å². The van der Waals surface area contributed by atoms with Crippen molar-refractivity contribution in [1.82, 2.24) is 4.90 Å². The molecule has 90 valence electrons. The van der Waals surface area contributed by atoms with Gasteiger partial charge in [-0.15, -0.1) is 0 Å². The molecule has 0 unspecified atom stereocenters. The highest BCUT2D eigenvalue weighted by atomic mass is 16.6. The number of nitrogens with two attached hydrogens (primary N) is 1. The van der Waals surface area contributed by atoms with Crippen LogP contribution in [0.5, 0.6) is 0 Å². The van der Waals surface area contributed by atoms with Gasteiger partial charge in [-0.2, -0.15) is 0 Å². The van der Waals surface area contributed by atoms with Gasteiger partial charge in [0, 0.05) is 12.1 Å². The maximum Gasteiger partial charge on any atom is 0.320 e. The van der Waals surface area contributed by atoms with Crippen LogP contribution in [0.4, 0.5) is 0 Å². The number of carbonyl (C=O) groups is 1. The Kier molecular flexibility index (Phi) is 4.74. The lowest BCUT2D eigenvalue weighted by atomic mass is 10.0. The summed E-state index contributed by atoms with van der Waals surface area (Å²) in [7, 11) is 1.87. The molecule has 0 bridgehead atoms. The molecule has 0 rings (SSSR count). The molecule has 0 aliphatic rings. The molecular weight excluding hydrogens is 192 g/mol. The quantitative estimate of drug-likeness (QED) is 0.712. The average Bonchev–Trinajstić information content (AvgIpc) is 2.00. The number of nitrogens with zero attached hydrogens (tertiary/aromatic N) is 1. The van der Waals surface area contributed by atoms with Crippen LogP contribution in [-0.2, 0) is 9.53 Å². The highest BCUT2D eigenvalue weighted by molar-refractivity contribution is 5.72. The molecule has 0 saturated heterocycles. The summed E-state index contributed by atoms with van der Waals surface area (Å²) in [5.74, 6) is -0.216. The van der Waals surface area contributed by atoms with Gasteiger partial charge in [-0.3, -0.25) is 9.69 Å². The number of likely N-dealkylation sites (N-methyl/N-ethyl adjacent to an activating group) is 1. The fourth-order valence-corrected chi connectivity index (χ4v) is 0.937. The topological polar surface area (TPSA) is 55.6 Å². The van der Waals surface area contributed by atoms with E-state index in [-0.39, 0.29) is 18.1 Å². The molecule has 0 aliphatic heterocycles. The predicted molar refractivity (Wildman–Crippen MR) is 61.6 cm³/mol. The summed E-state index contributed by atoms with van der Waals surface area (Å²) in [6.07, 6.45) is 0. The lowest BCUT2D eigenvalue weighted by Gasteiger charge is -2.34. The van der Waals surface area contributed by atoms with E-state index in [0.717, 1.165) is 0 Å². The Balaban J connectivity index is 4.20. The Bertz CT molecular complexity index is 219. The molecular formula is C11H24N2O2. The number of hydrogen-bond acceptors (Lipinski definition) is 4. The van der Waals surface area contributed by atoms with E-state index in [1.54, 1.807) is 0 Å². The zero-order valence-electron chi connectivity index (χ0n) is 10.8. The lowest BCUT2D eigenvalue weighted by molar-refractivity contribution is -0.157. The van der Waals surface area contributed by atoms with Gasteiger partial charge >= 0.3 is 5.97 Å². The second-order valence-electron chi connectivity index (χ2n) is 5.46. The molecule has 0 spiro atoms. The predicted octanol–water partition coefficient (Wildman–Crippen LogP) is 0.997. The Hall–Kier alpha value is -0.610. The van der Waals surface area contributed by atoms with Crippen LogP contribution < -0.4 is 5.73 Å². The van der Waals surface area contributed by atoms with E-state index >= 15 is 0 Å². The Labute approximate surface area is 92.8 Å². The largest absolute Gasteiger partial charge is 0.459 e. The van der Waals surface area contributed by atoms with Crippen LogP contribution in [0.3, 0.4) is 0 Å². The molecule has 0 aromatic rings. The maximum atomic E-state index is 11.5. The first-order valence-electron chi connectivity index (χ1n) is 5.21. The first-order chi connectivity index (χ1) is 6.58. The molecule has 0 aromatic heterocycles. The molecule has 0 saturated carbocycles. The molecule has 4 nitrogen and oxygen atoms in total. The van der Waals surface area contributed by atoms with Crippen LogP contribution in [0.1, 0.15) is 34.6 Å². The highest BCUT2D eigenvalue weighted by Crippen LogP contribution is 2.12. The molecule has 15 heavy (non-hydrogen) atoms. The number of rotatable bonds is 4. The third-order valence-corrected chi connectivity index (χ3v) is 2.32. The van der Waals surface area contributed by atoms with E-state index in [1.165, 1.54) is 0 Å². The van der Waals surface area contributed by atoms with Crippen molar-refractivity contribution in [3.63, 3.8) is 0 Å². The second-order valence-corrected chi connectivity index (χ2v) is 5.46. The molecule has 0 radical (unpaired) electrons. The Morgan fingerprint density at radius 3 is 2.07 bits per heavy atom. The van der Waals surface area contributed by atoms with Crippen molar-refractivity contribution in [2.75, 3.05) is 20.1 Å². The first kappa shape index (κ1) is 14.4. The van der Waals surface area contributed by atoms with Crippen molar-refractivity contribution >= 4 is 5.97 Å². The molecule has 0 amide bonds. The van der Waals surface area contributed by atoms with Crippen LogP contribution in [0.25, 0.3) is 0 Å². The fraction of sp³-hybridized carbons (Fsp3) is 0.909. The van der Waals surface area contributed by atoms with Crippen LogP contribution in [0, 0.1) is 0 Å². The number of esters is 1. The molecule has 0 aromatic carbocycles. The van der Waals surface area contributed by atoms with Crippen molar-refractivity contribution in [1.29, 1.82) is 0 Å². The van der Waals surface area contributed by atoms with Gasteiger partial charge in [0.1, 0.15) is 5.60 Å². The smallest absolute Gasteiger partial charge is 0.320 e. The van der Waals surface area contributed by atoms with Crippen LogP contribution in [0.15, 0.2) is 0 Å². The van der Waals surface area contributed by atoms with Crippen LogP contribution >= 0.6 is 0 Å². The first-order valence-corrected chi connectivity index (χ1v) is 5.21. The standard InChI is InChI=1S/C11H24N2O2/c1-10(2,3)15-9(14)7-13(6)11(4,5)8-12/h7-8,12H2,1-6H3. The van der Waals surface area contributed by atoms with Gasteiger partial charge in [0.2, 0.25) is 0 Å². The third-order valence-electron chi connectivity index (χ3n) is 2.32. The van der Waals surface area contributed by atoms with Crippen molar-refractivity contribution in [3.8, 4) is 0 Å². The molecule has 0 fully saturated rings. The highest BCUT2D eigenvalue weighted by Gasteiger charge is 2.25. The van der Waals surface area contributed by atoms with Crippen LogP contribution in [0.2, 0.25) is 0 Å². The minimum absolute atomic E-state index is 0.184. The van der Waals surface area contributed by atoms with Gasteiger partial charge in [0.15, 0.2) is 0 Å². The van der Waals surface area contributed by atoms with E-state index in [9.17, 15) is 4.79 Å².